The normalized spacial score (nSPS) is 10.3. The third-order valence-corrected chi connectivity index (χ3v) is 2.49. The quantitative estimate of drug-likeness (QED) is 0.873. The molecule has 2 rings (SSSR count). The Morgan fingerprint density at radius 2 is 2.12 bits per heavy atom. The predicted octanol–water partition coefficient (Wildman–Crippen LogP) is 1.82. The van der Waals surface area contributed by atoms with Gasteiger partial charge in [0, 0.05) is 12.6 Å². The van der Waals surface area contributed by atoms with Gasteiger partial charge in [0.05, 0.1) is 19.8 Å². The third kappa shape index (κ3) is 2.09. The van der Waals surface area contributed by atoms with Gasteiger partial charge in [-0.1, -0.05) is 0 Å². The van der Waals surface area contributed by atoms with E-state index in [0.717, 1.165) is 11.3 Å². The fourth-order valence-electron chi connectivity index (χ4n) is 1.62. The molecular formula is C12H14N2O3. The standard InChI is InChI=1S/C12H14N2O3/c1-15-8-3-4-9(11(5-8)16-2)12-10(6-13)14-7-17-12/h3-5,7H,6,13H2,1-2H3. The van der Waals surface area contributed by atoms with E-state index in [0.29, 0.717) is 23.7 Å². The van der Waals surface area contributed by atoms with Gasteiger partial charge in [-0.2, -0.15) is 0 Å². The molecule has 0 atom stereocenters. The molecular weight excluding hydrogens is 220 g/mol. The summed E-state index contributed by atoms with van der Waals surface area (Å²) in [6.07, 6.45) is 1.38. The van der Waals surface area contributed by atoms with Crippen LogP contribution in [0.15, 0.2) is 29.0 Å². The van der Waals surface area contributed by atoms with Crippen LogP contribution in [0, 0.1) is 0 Å². The monoisotopic (exact) mass is 234 g/mol. The Bertz CT molecular complexity index is 508. The number of methoxy groups -OCH3 is 2. The summed E-state index contributed by atoms with van der Waals surface area (Å²) < 4.78 is 15.8. The lowest BCUT2D eigenvalue weighted by Gasteiger charge is -2.09. The first-order chi connectivity index (χ1) is 8.30. The minimum Gasteiger partial charge on any atom is -0.497 e. The van der Waals surface area contributed by atoms with Crippen LogP contribution in [0.5, 0.6) is 11.5 Å². The maximum atomic E-state index is 5.59. The van der Waals surface area contributed by atoms with Crippen LogP contribution in [-0.2, 0) is 6.54 Å². The molecule has 5 heteroatoms. The highest BCUT2D eigenvalue weighted by Crippen LogP contribution is 2.34. The second-order valence-electron chi connectivity index (χ2n) is 3.40. The van der Waals surface area contributed by atoms with Crippen molar-refractivity contribution in [2.75, 3.05) is 14.2 Å². The van der Waals surface area contributed by atoms with E-state index in [2.05, 4.69) is 4.98 Å². The molecule has 0 aliphatic carbocycles. The van der Waals surface area contributed by atoms with Crippen LogP contribution in [0.1, 0.15) is 5.69 Å². The van der Waals surface area contributed by atoms with Crippen molar-refractivity contribution < 1.29 is 13.9 Å². The molecule has 0 saturated carbocycles. The summed E-state index contributed by atoms with van der Waals surface area (Å²) in [6.45, 7) is 0.320. The fourth-order valence-corrected chi connectivity index (χ4v) is 1.62. The second kappa shape index (κ2) is 4.88. The first kappa shape index (κ1) is 11.5. The van der Waals surface area contributed by atoms with Crippen molar-refractivity contribution in [2.45, 2.75) is 6.54 Å². The molecule has 90 valence electrons. The van der Waals surface area contributed by atoms with Gasteiger partial charge in [-0.15, -0.1) is 0 Å². The van der Waals surface area contributed by atoms with Crippen LogP contribution in [0.3, 0.4) is 0 Å². The summed E-state index contributed by atoms with van der Waals surface area (Å²) in [5.74, 6) is 2.02. The number of nitrogens with two attached hydrogens (primary N) is 1. The maximum absolute atomic E-state index is 5.59. The van der Waals surface area contributed by atoms with E-state index in [-0.39, 0.29) is 0 Å². The van der Waals surface area contributed by atoms with Gasteiger partial charge in [0.15, 0.2) is 12.2 Å². The number of oxazole rings is 1. The number of hydrogen-bond donors (Lipinski definition) is 1. The van der Waals surface area contributed by atoms with Crippen LogP contribution in [0.25, 0.3) is 11.3 Å². The number of benzene rings is 1. The summed E-state index contributed by atoms with van der Waals surface area (Å²) in [6, 6.07) is 5.48. The molecule has 0 fully saturated rings. The number of aromatic nitrogens is 1. The minimum atomic E-state index is 0.320. The van der Waals surface area contributed by atoms with Crippen molar-refractivity contribution in [2.24, 2.45) is 5.73 Å². The summed E-state index contributed by atoms with van der Waals surface area (Å²) in [4.78, 5) is 4.05. The molecule has 0 radical (unpaired) electrons. The van der Waals surface area contributed by atoms with Gasteiger partial charge in [0.2, 0.25) is 0 Å². The molecule has 17 heavy (non-hydrogen) atoms. The molecule has 5 nitrogen and oxygen atoms in total. The zero-order valence-electron chi connectivity index (χ0n) is 9.77. The molecule has 0 spiro atoms. The minimum absolute atomic E-state index is 0.320. The van der Waals surface area contributed by atoms with Gasteiger partial charge >= 0.3 is 0 Å². The van der Waals surface area contributed by atoms with Gasteiger partial charge in [0.25, 0.3) is 0 Å². The zero-order chi connectivity index (χ0) is 12.3. The number of nitrogens with zero attached hydrogens (tertiary/aromatic N) is 1. The lowest BCUT2D eigenvalue weighted by atomic mass is 10.1. The van der Waals surface area contributed by atoms with Crippen LogP contribution in [-0.4, -0.2) is 19.2 Å². The van der Waals surface area contributed by atoms with Gasteiger partial charge < -0.3 is 19.6 Å². The predicted molar refractivity (Wildman–Crippen MR) is 62.9 cm³/mol. The first-order valence-corrected chi connectivity index (χ1v) is 5.15. The van der Waals surface area contributed by atoms with Crippen molar-refractivity contribution >= 4 is 0 Å². The van der Waals surface area contributed by atoms with Crippen molar-refractivity contribution in [3.05, 3.63) is 30.3 Å². The lowest BCUT2D eigenvalue weighted by molar-refractivity contribution is 0.394. The van der Waals surface area contributed by atoms with E-state index in [4.69, 9.17) is 19.6 Å². The third-order valence-electron chi connectivity index (χ3n) is 2.49. The van der Waals surface area contributed by atoms with Gasteiger partial charge in [-0.05, 0) is 12.1 Å². The smallest absolute Gasteiger partial charge is 0.181 e. The summed E-state index contributed by atoms with van der Waals surface area (Å²) in [5.41, 5.74) is 7.11. The van der Waals surface area contributed by atoms with E-state index in [1.807, 2.05) is 12.1 Å². The highest BCUT2D eigenvalue weighted by molar-refractivity contribution is 5.68. The molecule has 1 aromatic heterocycles. The lowest BCUT2D eigenvalue weighted by Crippen LogP contribution is -1.99. The van der Waals surface area contributed by atoms with Gasteiger partial charge in [-0.25, -0.2) is 4.98 Å². The number of hydrogen-bond acceptors (Lipinski definition) is 5. The molecule has 0 unspecified atom stereocenters. The summed E-state index contributed by atoms with van der Waals surface area (Å²) >= 11 is 0. The highest BCUT2D eigenvalue weighted by Gasteiger charge is 2.14. The molecule has 0 amide bonds. The largest absolute Gasteiger partial charge is 0.497 e. The van der Waals surface area contributed by atoms with Gasteiger partial charge in [0.1, 0.15) is 17.2 Å². The maximum Gasteiger partial charge on any atom is 0.181 e. The fraction of sp³-hybridized carbons (Fsp3) is 0.250. The summed E-state index contributed by atoms with van der Waals surface area (Å²) in [5, 5.41) is 0. The molecule has 0 bridgehead atoms. The molecule has 0 aliphatic rings. The molecule has 2 aromatic rings. The Morgan fingerprint density at radius 1 is 1.29 bits per heavy atom. The van der Waals surface area contributed by atoms with Crippen LogP contribution < -0.4 is 15.2 Å². The van der Waals surface area contributed by atoms with Crippen molar-refractivity contribution in [1.29, 1.82) is 0 Å². The van der Waals surface area contributed by atoms with Crippen molar-refractivity contribution in [1.82, 2.24) is 4.98 Å². The molecule has 0 saturated heterocycles. The van der Waals surface area contributed by atoms with E-state index in [1.54, 1.807) is 20.3 Å². The zero-order valence-corrected chi connectivity index (χ0v) is 9.77. The molecule has 1 aromatic carbocycles. The number of rotatable bonds is 4. The van der Waals surface area contributed by atoms with Crippen molar-refractivity contribution in [3.8, 4) is 22.8 Å². The molecule has 0 aliphatic heterocycles. The highest BCUT2D eigenvalue weighted by atomic mass is 16.5. The second-order valence-corrected chi connectivity index (χ2v) is 3.40. The summed E-state index contributed by atoms with van der Waals surface area (Å²) in [7, 11) is 3.20. The van der Waals surface area contributed by atoms with Gasteiger partial charge in [-0.3, -0.25) is 0 Å². The Balaban J connectivity index is 2.51. The van der Waals surface area contributed by atoms with E-state index in [9.17, 15) is 0 Å². The van der Waals surface area contributed by atoms with E-state index >= 15 is 0 Å². The van der Waals surface area contributed by atoms with Crippen LogP contribution >= 0.6 is 0 Å². The van der Waals surface area contributed by atoms with E-state index < -0.39 is 0 Å². The average molecular weight is 234 g/mol. The van der Waals surface area contributed by atoms with E-state index in [1.165, 1.54) is 6.39 Å². The molecule has 1 heterocycles. The topological polar surface area (TPSA) is 70.5 Å². The Morgan fingerprint density at radius 3 is 2.76 bits per heavy atom. The first-order valence-electron chi connectivity index (χ1n) is 5.15. The average Bonchev–Trinajstić information content (AvgIpc) is 2.85. The number of ether oxygens (including phenoxy) is 2. The van der Waals surface area contributed by atoms with Crippen LogP contribution in [0.2, 0.25) is 0 Å². The SMILES string of the molecule is COc1ccc(-c2ocnc2CN)c(OC)c1. The Hall–Kier alpha value is -2.01. The van der Waals surface area contributed by atoms with Crippen LogP contribution in [0.4, 0.5) is 0 Å². The molecule has 2 N–H and O–H groups in total. The van der Waals surface area contributed by atoms with Crippen molar-refractivity contribution in [3.63, 3.8) is 0 Å². The Labute approximate surface area is 99.2 Å². The Kier molecular flexibility index (Phi) is 3.30.